The molecular weight excluding hydrogens is 418 g/mol. The number of anilines is 1. The standard InChI is InChI=1S/C23H18ClN3O4/c1-26-18-12-17(25-21(28)14-7-6-8-15(24)11-14)20(31-16-9-4-3-5-10-16)13-19(18)27(2)23(30)22(26)29/h3-13H,1-2H3,(H,25,28). The van der Waals surface area contributed by atoms with E-state index in [4.69, 9.17) is 16.3 Å². The first-order valence-electron chi connectivity index (χ1n) is 9.39. The number of ether oxygens (including phenoxy) is 1. The normalized spacial score (nSPS) is 10.8. The Kier molecular flexibility index (Phi) is 5.35. The number of hydrogen-bond acceptors (Lipinski definition) is 4. The van der Waals surface area contributed by atoms with E-state index in [9.17, 15) is 14.4 Å². The molecule has 4 aromatic rings. The number of hydrogen-bond donors (Lipinski definition) is 1. The smallest absolute Gasteiger partial charge is 0.316 e. The second-order valence-corrected chi connectivity index (χ2v) is 7.38. The number of aryl methyl sites for hydroxylation is 2. The largest absolute Gasteiger partial charge is 0.455 e. The van der Waals surface area contributed by atoms with Crippen LogP contribution in [0, 0.1) is 0 Å². The summed E-state index contributed by atoms with van der Waals surface area (Å²) < 4.78 is 8.51. The summed E-state index contributed by atoms with van der Waals surface area (Å²) in [5, 5.41) is 3.26. The summed E-state index contributed by atoms with van der Waals surface area (Å²) in [7, 11) is 3.02. The lowest BCUT2D eigenvalue weighted by Crippen LogP contribution is -2.39. The van der Waals surface area contributed by atoms with Crippen LogP contribution >= 0.6 is 11.6 Å². The number of rotatable bonds is 4. The van der Waals surface area contributed by atoms with E-state index in [0.29, 0.717) is 38.8 Å². The highest BCUT2D eigenvalue weighted by Crippen LogP contribution is 2.33. The monoisotopic (exact) mass is 435 g/mol. The molecule has 156 valence electrons. The predicted octanol–water partition coefficient (Wildman–Crippen LogP) is 3.94. The van der Waals surface area contributed by atoms with E-state index < -0.39 is 17.0 Å². The molecule has 3 aromatic carbocycles. The second kappa shape index (κ2) is 8.12. The van der Waals surface area contributed by atoms with Crippen molar-refractivity contribution < 1.29 is 9.53 Å². The lowest BCUT2D eigenvalue weighted by Gasteiger charge is -2.16. The van der Waals surface area contributed by atoms with E-state index in [-0.39, 0.29) is 0 Å². The van der Waals surface area contributed by atoms with Gasteiger partial charge in [-0.3, -0.25) is 14.4 Å². The second-order valence-electron chi connectivity index (χ2n) is 6.95. The number of para-hydroxylation sites is 1. The van der Waals surface area contributed by atoms with Crippen molar-refractivity contribution in [2.45, 2.75) is 0 Å². The first-order valence-corrected chi connectivity index (χ1v) is 9.76. The van der Waals surface area contributed by atoms with Gasteiger partial charge in [-0.15, -0.1) is 0 Å². The van der Waals surface area contributed by atoms with Crippen molar-refractivity contribution in [2.75, 3.05) is 5.32 Å². The van der Waals surface area contributed by atoms with E-state index in [1.54, 1.807) is 48.5 Å². The topological polar surface area (TPSA) is 82.3 Å². The molecule has 1 aromatic heterocycles. The van der Waals surface area contributed by atoms with Gasteiger partial charge in [0.05, 0.1) is 16.7 Å². The summed E-state index contributed by atoms with van der Waals surface area (Å²) in [4.78, 5) is 37.4. The lowest BCUT2D eigenvalue weighted by molar-refractivity contribution is 0.102. The Balaban J connectivity index is 1.88. The maximum absolute atomic E-state index is 12.8. The van der Waals surface area contributed by atoms with Crippen LogP contribution in [0.1, 0.15) is 10.4 Å². The number of aromatic nitrogens is 2. The summed E-state index contributed by atoms with van der Waals surface area (Å²) >= 11 is 6.00. The molecule has 0 aliphatic heterocycles. The molecule has 31 heavy (non-hydrogen) atoms. The van der Waals surface area contributed by atoms with Crippen LogP contribution in [-0.2, 0) is 14.1 Å². The molecule has 0 aliphatic carbocycles. The van der Waals surface area contributed by atoms with Crippen molar-refractivity contribution in [2.24, 2.45) is 14.1 Å². The van der Waals surface area contributed by atoms with Crippen LogP contribution in [-0.4, -0.2) is 15.0 Å². The Labute approximate surface area is 182 Å². The first kappa shape index (κ1) is 20.4. The Bertz CT molecular complexity index is 1420. The number of nitrogens with one attached hydrogen (secondary N) is 1. The third-order valence-corrected chi connectivity index (χ3v) is 5.13. The van der Waals surface area contributed by atoms with Crippen molar-refractivity contribution in [3.63, 3.8) is 0 Å². The Hall–Kier alpha value is -3.84. The van der Waals surface area contributed by atoms with Gasteiger partial charge in [-0.1, -0.05) is 35.9 Å². The number of nitrogens with zero attached hydrogens (tertiary/aromatic N) is 2. The van der Waals surface area contributed by atoms with Crippen LogP contribution in [0.4, 0.5) is 5.69 Å². The van der Waals surface area contributed by atoms with Crippen molar-refractivity contribution in [3.8, 4) is 11.5 Å². The highest BCUT2D eigenvalue weighted by atomic mass is 35.5. The highest BCUT2D eigenvalue weighted by Gasteiger charge is 2.17. The minimum Gasteiger partial charge on any atom is -0.455 e. The van der Waals surface area contributed by atoms with Gasteiger partial charge in [-0.05, 0) is 36.4 Å². The van der Waals surface area contributed by atoms with E-state index in [1.807, 2.05) is 18.2 Å². The minimum absolute atomic E-state index is 0.322. The van der Waals surface area contributed by atoms with E-state index in [2.05, 4.69) is 5.32 Å². The van der Waals surface area contributed by atoms with Crippen LogP contribution in [0.3, 0.4) is 0 Å². The molecule has 7 nitrogen and oxygen atoms in total. The molecule has 0 aliphatic rings. The maximum atomic E-state index is 12.8. The molecule has 0 saturated carbocycles. The van der Waals surface area contributed by atoms with Crippen molar-refractivity contribution >= 4 is 34.2 Å². The average molecular weight is 436 g/mol. The van der Waals surface area contributed by atoms with Crippen LogP contribution in [0.15, 0.2) is 76.3 Å². The molecule has 0 spiro atoms. The SMILES string of the molecule is Cn1c(=O)c(=O)n(C)c2cc(Oc3ccccc3)c(NC(=O)c3cccc(Cl)c3)cc21. The van der Waals surface area contributed by atoms with Gasteiger partial charge in [0, 0.05) is 30.7 Å². The van der Waals surface area contributed by atoms with Gasteiger partial charge < -0.3 is 19.2 Å². The quantitative estimate of drug-likeness (QED) is 0.492. The number of carbonyl (C=O) groups is 1. The molecule has 0 fully saturated rings. The average Bonchev–Trinajstić information content (AvgIpc) is 2.77. The summed E-state index contributed by atoms with van der Waals surface area (Å²) in [6.45, 7) is 0. The van der Waals surface area contributed by atoms with Gasteiger partial charge in [0.2, 0.25) is 0 Å². The van der Waals surface area contributed by atoms with Crippen molar-refractivity contribution in [3.05, 3.63) is 98.0 Å². The fraction of sp³-hybridized carbons (Fsp3) is 0.0870. The van der Waals surface area contributed by atoms with Gasteiger partial charge in [-0.25, -0.2) is 0 Å². The van der Waals surface area contributed by atoms with Crippen LogP contribution in [0.5, 0.6) is 11.5 Å². The molecule has 0 unspecified atom stereocenters. The van der Waals surface area contributed by atoms with Crippen molar-refractivity contribution in [1.29, 1.82) is 0 Å². The molecule has 8 heteroatoms. The van der Waals surface area contributed by atoms with Crippen LogP contribution in [0.25, 0.3) is 11.0 Å². The molecule has 0 saturated heterocycles. The summed E-state index contributed by atoms with van der Waals surface area (Å²) in [6.07, 6.45) is 0. The fourth-order valence-corrected chi connectivity index (χ4v) is 3.41. The third-order valence-electron chi connectivity index (χ3n) is 4.90. The Morgan fingerprint density at radius 2 is 1.52 bits per heavy atom. The summed E-state index contributed by atoms with van der Waals surface area (Å²) in [5.41, 5.74) is 0.338. The van der Waals surface area contributed by atoms with E-state index in [0.717, 1.165) is 0 Å². The number of amides is 1. The molecule has 0 bridgehead atoms. The van der Waals surface area contributed by atoms with Gasteiger partial charge >= 0.3 is 11.1 Å². The van der Waals surface area contributed by atoms with Crippen LogP contribution in [0.2, 0.25) is 5.02 Å². The molecule has 4 rings (SSSR count). The Morgan fingerprint density at radius 1 is 0.871 bits per heavy atom. The van der Waals surface area contributed by atoms with Gasteiger partial charge in [0.1, 0.15) is 5.75 Å². The van der Waals surface area contributed by atoms with E-state index >= 15 is 0 Å². The molecule has 1 N–H and O–H groups in total. The number of carbonyl (C=O) groups excluding carboxylic acids is 1. The minimum atomic E-state index is -0.668. The number of halogens is 1. The number of benzene rings is 3. The molecule has 1 amide bonds. The van der Waals surface area contributed by atoms with E-state index in [1.165, 1.54) is 23.2 Å². The van der Waals surface area contributed by atoms with Crippen LogP contribution < -0.4 is 21.2 Å². The van der Waals surface area contributed by atoms with Gasteiger partial charge in [0.15, 0.2) is 5.75 Å². The molecule has 0 atom stereocenters. The summed E-state index contributed by atoms with van der Waals surface area (Å²) in [5.74, 6) is 0.479. The maximum Gasteiger partial charge on any atom is 0.316 e. The predicted molar refractivity (Wildman–Crippen MR) is 120 cm³/mol. The van der Waals surface area contributed by atoms with Crippen molar-refractivity contribution in [1.82, 2.24) is 9.13 Å². The first-order chi connectivity index (χ1) is 14.8. The Morgan fingerprint density at radius 3 is 2.16 bits per heavy atom. The zero-order chi connectivity index (χ0) is 22.1. The molecular formula is C23H18ClN3O4. The zero-order valence-corrected chi connectivity index (χ0v) is 17.5. The molecule has 1 heterocycles. The zero-order valence-electron chi connectivity index (χ0n) is 16.8. The highest BCUT2D eigenvalue weighted by molar-refractivity contribution is 6.31. The summed E-state index contributed by atoms with van der Waals surface area (Å²) in [6, 6.07) is 18.8. The fourth-order valence-electron chi connectivity index (χ4n) is 3.22. The van der Waals surface area contributed by atoms with Gasteiger partial charge in [0.25, 0.3) is 5.91 Å². The third kappa shape index (κ3) is 3.95. The number of fused-ring (bicyclic) bond motifs is 1. The molecule has 0 radical (unpaired) electrons. The lowest BCUT2D eigenvalue weighted by atomic mass is 10.2. The van der Waals surface area contributed by atoms with Gasteiger partial charge in [-0.2, -0.15) is 0 Å².